The van der Waals surface area contributed by atoms with Crippen molar-refractivity contribution in [3.8, 4) is 0 Å². The molecule has 0 spiro atoms. The van der Waals surface area contributed by atoms with Crippen molar-refractivity contribution in [2.24, 2.45) is 12.1 Å². The van der Waals surface area contributed by atoms with Gasteiger partial charge in [-0.3, -0.25) is 0 Å². The van der Waals surface area contributed by atoms with Gasteiger partial charge in [-0.2, -0.15) is 0 Å². The lowest BCUT2D eigenvalue weighted by Gasteiger charge is -2.07. The van der Waals surface area contributed by atoms with Crippen LogP contribution in [-0.4, -0.2) is 13.3 Å². The molecule has 0 amide bonds. The lowest BCUT2D eigenvalue weighted by Crippen LogP contribution is -1.94. The number of rotatable bonds is 0. The van der Waals surface area contributed by atoms with Crippen LogP contribution in [-0.2, 0) is 18.3 Å². The quantitative estimate of drug-likeness (QED) is 0.548. The Balaban J connectivity index is 3.70. The molecule has 3 atom stereocenters. The van der Waals surface area contributed by atoms with Gasteiger partial charge in [-0.05, 0) is 11.2 Å². The summed E-state index contributed by atoms with van der Waals surface area (Å²) in [7, 11) is 2.87. The van der Waals surface area contributed by atoms with E-state index in [1.165, 1.54) is 0 Å². The smallest absolute Gasteiger partial charge is 0.313 e. The van der Waals surface area contributed by atoms with Gasteiger partial charge in [-0.25, -0.2) is 8.42 Å². The van der Waals surface area contributed by atoms with Gasteiger partial charge < -0.3 is 4.89 Å². The fraction of sp³-hybridized carbons (Fsp3) is 0. The second-order valence-corrected chi connectivity index (χ2v) is 9.99. The first-order valence-electron chi connectivity index (χ1n) is 2.14. The molecule has 0 aromatic heterocycles. The van der Waals surface area contributed by atoms with Crippen LogP contribution < -0.4 is 0 Å². The molecule has 0 aliphatic carbocycles. The van der Waals surface area contributed by atoms with Crippen LogP contribution in [0.4, 0.5) is 0 Å². The minimum Gasteiger partial charge on any atom is -0.331 e. The Morgan fingerprint density at radius 2 is 1.75 bits per heavy atom. The van der Waals surface area contributed by atoms with Gasteiger partial charge >= 0.3 is 6.78 Å². The van der Waals surface area contributed by atoms with Gasteiger partial charge in [0.15, 0.2) is 0 Å². The van der Waals surface area contributed by atoms with E-state index in [4.69, 9.17) is 37.5 Å². The summed E-state index contributed by atoms with van der Waals surface area (Å²) >= 11 is 5.19. The van der Waals surface area contributed by atoms with Crippen molar-refractivity contribution in [2.45, 2.75) is 0 Å². The van der Waals surface area contributed by atoms with Gasteiger partial charge in [0.1, 0.15) is 0 Å². The normalized spacial score (nSPS) is 53.3. The highest BCUT2D eigenvalue weighted by Crippen LogP contribution is 2.57. The molecule has 0 aromatic carbocycles. The fourth-order valence-electron chi connectivity index (χ4n) is 0.414. The molecule has 3 unspecified atom stereocenters. The Labute approximate surface area is 82.8 Å². The molecule has 12 heteroatoms. The third-order valence-corrected chi connectivity index (χ3v) is 8.57. The molecule has 72 valence electrons. The molecular formula is HCl3N3O3PS2. The minimum atomic E-state index is -3.77. The highest BCUT2D eigenvalue weighted by Gasteiger charge is 2.25. The monoisotopic (exact) mass is 291 g/mol. The number of nitrogens with zero attached hydrogens (tertiary/aromatic N) is 3. The van der Waals surface area contributed by atoms with Crippen LogP contribution in [0, 0.1) is 0 Å². The summed E-state index contributed by atoms with van der Waals surface area (Å²) in [4.78, 5) is 9.00. The standard InChI is InChI=1S/Cl3HN3O3PS2/c1-10(7)4-11(2,8)6-12(3,9)5-10/h7H. The number of hydrogen-bond acceptors (Lipinski definition) is 3. The van der Waals surface area contributed by atoms with E-state index in [2.05, 4.69) is 12.1 Å². The van der Waals surface area contributed by atoms with Gasteiger partial charge in [0.05, 0.1) is 0 Å². The SMILES string of the molecule is O=S1(Cl)=NP(O)(Cl)=NS(=O)(Cl)=N1. The Hall–Kier alpha value is 0.960. The molecule has 1 heterocycles. The molecular weight excluding hydrogens is 291 g/mol. The number of hydrogen-bond donors (Lipinski definition) is 1. The van der Waals surface area contributed by atoms with Crippen LogP contribution in [0.25, 0.3) is 0 Å². The Bertz CT molecular complexity index is 471. The first-order chi connectivity index (χ1) is 5.12. The molecule has 1 rings (SSSR count). The van der Waals surface area contributed by atoms with Crippen LogP contribution >= 0.6 is 39.4 Å². The molecule has 12 heavy (non-hydrogen) atoms. The molecule has 1 aliphatic heterocycles. The van der Waals surface area contributed by atoms with Crippen LogP contribution in [0.2, 0.25) is 0 Å². The van der Waals surface area contributed by atoms with Crippen LogP contribution in [0.1, 0.15) is 0 Å². The summed E-state index contributed by atoms with van der Waals surface area (Å²) < 4.78 is 30.7. The summed E-state index contributed by atoms with van der Waals surface area (Å²) in [5.41, 5.74) is 0. The van der Waals surface area contributed by atoms with Gasteiger partial charge in [-0.1, -0.05) is 3.77 Å². The van der Waals surface area contributed by atoms with Crippen molar-refractivity contribution in [3.05, 3.63) is 0 Å². The maximum atomic E-state index is 10.9. The van der Waals surface area contributed by atoms with Crippen molar-refractivity contribution in [2.75, 3.05) is 0 Å². The fourth-order valence-corrected chi connectivity index (χ4v) is 9.79. The lowest BCUT2D eigenvalue weighted by atomic mass is 13.8. The number of halogens is 3. The summed E-state index contributed by atoms with van der Waals surface area (Å²) in [6.45, 7) is -3.77. The zero-order chi connectivity index (χ0) is 9.62. The molecule has 0 aromatic rings. The van der Waals surface area contributed by atoms with E-state index in [0.717, 1.165) is 0 Å². The maximum absolute atomic E-state index is 10.9. The van der Waals surface area contributed by atoms with Crippen LogP contribution in [0.5, 0.6) is 0 Å². The zero-order valence-electron chi connectivity index (χ0n) is 5.00. The van der Waals surface area contributed by atoms with E-state index < -0.39 is 25.0 Å². The van der Waals surface area contributed by atoms with Crippen molar-refractivity contribution < 1.29 is 13.3 Å². The van der Waals surface area contributed by atoms with E-state index in [9.17, 15) is 8.42 Å². The van der Waals surface area contributed by atoms with Gasteiger partial charge in [0.25, 0.3) is 18.3 Å². The first kappa shape index (κ1) is 11.0. The van der Waals surface area contributed by atoms with Gasteiger partial charge in [0, 0.05) is 21.4 Å². The largest absolute Gasteiger partial charge is 0.331 e. The van der Waals surface area contributed by atoms with Crippen molar-refractivity contribution in [1.29, 1.82) is 0 Å². The van der Waals surface area contributed by atoms with E-state index >= 15 is 0 Å². The van der Waals surface area contributed by atoms with E-state index in [1.807, 2.05) is 0 Å². The molecule has 0 fully saturated rings. The topological polar surface area (TPSA) is 91.5 Å². The predicted octanol–water partition coefficient (Wildman–Crippen LogP) is 2.25. The van der Waals surface area contributed by atoms with Crippen molar-refractivity contribution in [3.63, 3.8) is 0 Å². The summed E-state index contributed by atoms with van der Waals surface area (Å²) in [6.07, 6.45) is 0. The Kier molecular flexibility index (Phi) is 2.74. The zero-order valence-corrected chi connectivity index (χ0v) is 9.80. The van der Waals surface area contributed by atoms with Gasteiger partial charge in [-0.15, -0.1) is 8.28 Å². The van der Waals surface area contributed by atoms with Crippen LogP contribution in [0.3, 0.4) is 0 Å². The highest BCUT2D eigenvalue weighted by molar-refractivity contribution is 8.28. The van der Waals surface area contributed by atoms with E-state index in [1.54, 1.807) is 0 Å². The molecule has 0 bridgehead atoms. The summed E-state index contributed by atoms with van der Waals surface area (Å²) in [5, 5.41) is 0. The average Bonchev–Trinajstić information content (AvgIpc) is 1.44. The second-order valence-electron chi connectivity index (χ2n) is 1.60. The second kappa shape index (κ2) is 2.98. The predicted molar refractivity (Wildman–Crippen MR) is 50.3 cm³/mol. The third-order valence-electron chi connectivity index (χ3n) is 0.593. The van der Waals surface area contributed by atoms with Crippen molar-refractivity contribution in [1.82, 2.24) is 0 Å². The summed E-state index contributed by atoms with van der Waals surface area (Å²) in [6, 6.07) is 0. The molecule has 0 saturated heterocycles. The molecule has 1 aliphatic rings. The molecule has 0 saturated carbocycles. The Morgan fingerprint density at radius 1 is 1.25 bits per heavy atom. The first-order valence-corrected chi connectivity index (χ1v) is 9.29. The van der Waals surface area contributed by atoms with E-state index in [0.29, 0.717) is 0 Å². The van der Waals surface area contributed by atoms with Gasteiger partial charge in [0.2, 0.25) is 0 Å². The maximum Gasteiger partial charge on any atom is 0.313 e. The minimum absolute atomic E-state index is 2.88. The third kappa shape index (κ3) is 3.02. The summed E-state index contributed by atoms with van der Waals surface area (Å²) in [5.74, 6) is 0. The Morgan fingerprint density at radius 3 is 2.08 bits per heavy atom. The lowest BCUT2D eigenvalue weighted by molar-refractivity contribution is 0.629. The highest BCUT2D eigenvalue weighted by atomic mass is 35.7. The van der Waals surface area contributed by atoms with Crippen molar-refractivity contribution >= 4 is 57.6 Å². The molecule has 6 nitrogen and oxygen atoms in total. The van der Waals surface area contributed by atoms with Crippen LogP contribution in [0.15, 0.2) is 12.1 Å². The molecule has 0 radical (unpaired) electrons. The molecule has 1 N–H and O–H groups in total. The van der Waals surface area contributed by atoms with E-state index in [-0.39, 0.29) is 0 Å². The average molecular weight is 292 g/mol.